The molecule has 1 spiro atoms. The molecule has 0 aromatic carbocycles. The summed E-state index contributed by atoms with van der Waals surface area (Å²) >= 11 is 0. The first kappa shape index (κ1) is 20.2. The second-order valence-electron chi connectivity index (χ2n) is 9.33. The first-order valence-electron chi connectivity index (χ1n) is 9.40. The van der Waals surface area contributed by atoms with Crippen LogP contribution in [0.15, 0.2) is 0 Å². The second-order valence-corrected chi connectivity index (χ2v) is 9.33. The van der Waals surface area contributed by atoms with E-state index in [2.05, 4.69) is 10.6 Å². The lowest BCUT2D eigenvalue weighted by Gasteiger charge is -2.47. The van der Waals surface area contributed by atoms with Gasteiger partial charge in [-0.05, 0) is 80.1 Å². The fraction of sp³-hybridized carbons (Fsp3) is 0.895. The number of piperidine rings is 2. The molecule has 0 bridgehead atoms. The summed E-state index contributed by atoms with van der Waals surface area (Å²) in [5.41, 5.74) is -1.38. The van der Waals surface area contributed by atoms with Gasteiger partial charge in [-0.3, -0.25) is 20.2 Å². The molecule has 6 nitrogen and oxygen atoms in total. The molecule has 2 saturated heterocycles. The van der Waals surface area contributed by atoms with Gasteiger partial charge in [-0.25, -0.2) is 0 Å². The number of hydrogen-bond donors (Lipinski definition) is 2. The van der Waals surface area contributed by atoms with Crippen LogP contribution in [-0.4, -0.2) is 40.9 Å². The zero-order valence-electron chi connectivity index (χ0n) is 16.5. The van der Waals surface area contributed by atoms with Crippen LogP contribution in [0, 0.1) is 0 Å². The molecule has 6 heteroatoms. The van der Waals surface area contributed by atoms with Crippen molar-refractivity contribution in [1.29, 1.82) is 0 Å². The van der Waals surface area contributed by atoms with Crippen LogP contribution in [0.1, 0.15) is 80.1 Å². The third kappa shape index (κ3) is 5.96. The molecule has 0 aliphatic carbocycles. The molecule has 0 aromatic rings. The van der Waals surface area contributed by atoms with Crippen molar-refractivity contribution in [2.24, 2.45) is 0 Å². The normalized spacial score (nSPS) is 27.0. The third-order valence-corrected chi connectivity index (χ3v) is 4.48. The predicted octanol–water partition coefficient (Wildman–Crippen LogP) is 2.65. The largest absolute Gasteiger partial charge is 0.459 e. The number of ether oxygens (including phenoxy) is 2. The third-order valence-electron chi connectivity index (χ3n) is 4.48. The number of esters is 2. The number of rotatable bonds is 2. The molecule has 25 heavy (non-hydrogen) atoms. The zero-order chi connectivity index (χ0) is 18.9. The Kier molecular flexibility index (Phi) is 5.84. The van der Waals surface area contributed by atoms with Gasteiger partial charge in [0, 0.05) is 0 Å². The molecule has 2 rings (SSSR count). The molecule has 0 amide bonds. The second kappa shape index (κ2) is 7.23. The van der Waals surface area contributed by atoms with Crippen LogP contribution >= 0.6 is 0 Å². The highest BCUT2D eigenvalue weighted by atomic mass is 16.6. The SMILES string of the molecule is CC(C)(C)OC(=O)[C@@H]1CCCC2(CCC[C@@H](C(=O)OC(C)(C)C)N2)N1. The van der Waals surface area contributed by atoms with Crippen LogP contribution in [-0.2, 0) is 19.1 Å². The van der Waals surface area contributed by atoms with E-state index >= 15 is 0 Å². The van der Waals surface area contributed by atoms with Crippen molar-refractivity contribution in [3.05, 3.63) is 0 Å². The Morgan fingerprint density at radius 3 is 1.48 bits per heavy atom. The Labute approximate surface area is 151 Å². The molecule has 0 aromatic heterocycles. The van der Waals surface area contributed by atoms with Crippen LogP contribution in [0.3, 0.4) is 0 Å². The molecule has 0 radical (unpaired) electrons. The monoisotopic (exact) mass is 354 g/mol. The van der Waals surface area contributed by atoms with E-state index in [1.165, 1.54) is 0 Å². The predicted molar refractivity (Wildman–Crippen MR) is 96.0 cm³/mol. The van der Waals surface area contributed by atoms with Crippen molar-refractivity contribution in [2.75, 3.05) is 0 Å². The quantitative estimate of drug-likeness (QED) is 0.743. The van der Waals surface area contributed by atoms with E-state index in [0.717, 1.165) is 38.5 Å². The summed E-state index contributed by atoms with van der Waals surface area (Å²) in [5.74, 6) is -0.430. The van der Waals surface area contributed by atoms with Crippen molar-refractivity contribution in [3.63, 3.8) is 0 Å². The Hall–Kier alpha value is -1.14. The van der Waals surface area contributed by atoms with Crippen LogP contribution in [0.5, 0.6) is 0 Å². The van der Waals surface area contributed by atoms with Crippen molar-refractivity contribution >= 4 is 11.9 Å². The molecule has 0 saturated carbocycles. The van der Waals surface area contributed by atoms with E-state index in [-0.39, 0.29) is 29.7 Å². The smallest absolute Gasteiger partial charge is 0.323 e. The highest BCUT2D eigenvalue weighted by Gasteiger charge is 2.44. The Bertz CT molecular complexity index is 459. The van der Waals surface area contributed by atoms with Crippen molar-refractivity contribution in [2.45, 2.75) is 109 Å². The summed E-state index contributed by atoms with van der Waals surface area (Å²) in [6.45, 7) is 11.3. The molecular formula is C19H34N2O4. The summed E-state index contributed by atoms with van der Waals surface area (Å²) in [4.78, 5) is 24.9. The van der Waals surface area contributed by atoms with Gasteiger partial charge in [0.2, 0.25) is 0 Å². The van der Waals surface area contributed by atoms with Crippen LogP contribution in [0.2, 0.25) is 0 Å². The topological polar surface area (TPSA) is 76.7 Å². The summed E-state index contributed by atoms with van der Waals surface area (Å²) in [6.07, 6.45) is 5.15. The van der Waals surface area contributed by atoms with Gasteiger partial charge in [0.15, 0.2) is 0 Å². The number of nitrogens with one attached hydrogen (secondary N) is 2. The van der Waals surface area contributed by atoms with Gasteiger partial charge in [0.1, 0.15) is 23.3 Å². The molecule has 2 heterocycles. The molecule has 144 valence electrons. The molecular weight excluding hydrogens is 320 g/mol. The van der Waals surface area contributed by atoms with E-state index in [4.69, 9.17) is 9.47 Å². The molecule has 2 aliphatic rings. The number of carbonyl (C=O) groups is 2. The van der Waals surface area contributed by atoms with Gasteiger partial charge >= 0.3 is 11.9 Å². The first-order valence-corrected chi connectivity index (χ1v) is 9.40. The average Bonchev–Trinajstić information content (AvgIpc) is 2.44. The first-order chi connectivity index (χ1) is 11.4. The Morgan fingerprint density at radius 2 is 1.16 bits per heavy atom. The standard InChI is InChI=1S/C19H34N2O4/c1-17(2,3)24-15(22)13-9-7-11-19(20-13)12-8-10-14(21-19)16(23)25-18(4,5)6/h13-14,20-21H,7-12H2,1-6H3/t13-,14-,19?/m0/s1. The van der Waals surface area contributed by atoms with Gasteiger partial charge < -0.3 is 9.47 Å². The minimum atomic E-state index is -0.498. The van der Waals surface area contributed by atoms with E-state index < -0.39 is 11.2 Å². The van der Waals surface area contributed by atoms with E-state index in [9.17, 15) is 9.59 Å². The zero-order valence-corrected chi connectivity index (χ0v) is 16.5. The van der Waals surface area contributed by atoms with E-state index in [0.29, 0.717) is 0 Å². The fourth-order valence-electron chi connectivity index (χ4n) is 3.58. The molecule has 2 fully saturated rings. The lowest BCUT2D eigenvalue weighted by atomic mass is 9.84. The lowest BCUT2D eigenvalue weighted by Crippen LogP contribution is -2.69. The summed E-state index contributed by atoms with van der Waals surface area (Å²) in [6, 6.07) is -0.671. The summed E-state index contributed by atoms with van der Waals surface area (Å²) in [5, 5.41) is 6.89. The van der Waals surface area contributed by atoms with Gasteiger partial charge in [0.05, 0.1) is 5.66 Å². The summed E-state index contributed by atoms with van der Waals surface area (Å²) in [7, 11) is 0. The van der Waals surface area contributed by atoms with Crippen LogP contribution < -0.4 is 10.6 Å². The van der Waals surface area contributed by atoms with Crippen LogP contribution in [0.4, 0.5) is 0 Å². The molecule has 0 unspecified atom stereocenters. The van der Waals surface area contributed by atoms with Crippen molar-refractivity contribution in [1.82, 2.24) is 10.6 Å². The molecule has 2 N–H and O–H groups in total. The average molecular weight is 354 g/mol. The van der Waals surface area contributed by atoms with Crippen molar-refractivity contribution < 1.29 is 19.1 Å². The molecule has 2 aliphatic heterocycles. The van der Waals surface area contributed by atoms with Gasteiger partial charge in [0.25, 0.3) is 0 Å². The minimum absolute atomic E-state index is 0.215. The highest BCUT2D eigenvalue weighted by Crippen LogP contribution is 2.31. The minimum Gasteiger partial charge on any atom is -0.459 e. The van der Waals surface area contributed by atoms with Gasteiger partial charge in [-0.2, -0.15) is 0 Å². The lowest BCUT2D eigenvalue weighted by molar-refractivity contribution is -0.161. The maximum absolute atomic E-state index is 12.4. The Balaban J connectivity index is 2.02. The molecule has 2 atom stereocenters. The van der Waals surface area contributed by atoms with Crippen molar-refractivity contribution in [3.8, 4) is 0 Å². The van der Waals surface area contributed by atoms with E-state index in [1.54, 1.807) is 0 Å². The number of hydrogen-bond acceptors (Lipinski definition) is 6. The number of carbonyl (C=O) groups excluding carboxylic acids is 2. The maximum atomic E-state index is 12.4. The van der Waals surface area contributed by atoms with Crippen LogP contribution in [0.25, 0.3) is 0 Å². The maximum Gasteiger partial charge on any atom is 0.323 e. The Morgan fingerprint density at radius 1 is 0.800 bits per heavy atom. The van der Waals surface area contributed by atoms with Gasteiger partial charge in [-0.15, -0.1) is 0 Å². The van der Waals surface area contributed by atoms with Gasteiger partial charge in [-0.1, -0.05) is 0 Å². The fourth-order valence-corrected chi connectivity index (χ4v) is 3.58. The highest BCUT2D eigenvalue weighted by molar-refractivity contribution is 5.77. The summed E-state index contributed by atoms with van der Waals surface area (Å²) < 4.78 is 11.1. The van der Waals surface area contributed by atoms with E-state index in [1.807, 2.05) is 41.5 Å².